The van der Waals surface area contributed by atoms with Gasteiger partial charge in [0, 0.05) is 11.1 Å². The van der Waals surface area contributed by atoms with E-state index in [2.05, 4.69) is 9.97 Å². The van der Waals surface area contributed by atoms with Gasteiger partial charge in [-0.2, -0.15) is 0 Å². The first-order valence-electron chi connectivity index (χ1n) is 8.09. The SMILES string of the molecule is CSc1ncc(C(=O)OCc2csc(-c3ccco3)n2)n1-c1ccccc1. The highest BCUT2D eigenvalue weighted by Crippen LogP contribution is 2.25. The van der Waals surface area contributed by atoms with Gasteiger partial charge < -0.3 is 9.15 Å². The molecule has 0 saturated heterocycles. The van der Waals surface area contributed by atoms with Gasteiger partial charge in [0.1, 0.15) is 6.61 Å². The maximum absolute atomic E-state index is 12.6. The minimum atomic E-state index is -0.445. The number of thioether (sulfide) groups is 1. The van der Waals surface area contributed by atoms with Gasteiger partial charge in [0.2, 0.25) is 0 Å². The molecule has 8 heteroatoms. The number of rotatable bonds is 6. The summed E-state index contributed by atoms with van der Waals surface area (Å²) in [5, 5.41) is 3.33. The van der Waals surface area contributed by atoms with E-state index in [4.69, 9.17) is 9.15 Å². The maximum atomic E-state index is 12.6. The fourth-order valence-electron chi connectivity index (χ4n) is 2.55. The molecule has 0 fully saturated rings. The number of para-hydroxylation sites is 1. The topological polar surface area (TPSA) is 70.2 Å². The zero-order chi connectivity index (χ0) is 18.6. The molecule has 0 aliphatic heterocycles. The van der Waals surface area contributed by atoms with Crippen LogP contribution in [-0.2, 0) is 11.3 Å². The van der Waals surface area contributed by atoms with Crippen molar-refractivity contribution in [3.8, 4) is 16.5 Å². The average Bonchev–Trinajstić information content (AvgIpc) is 3.46. The Kier molecular flexibility index (Phi) is 5.08. The Morgan fingerprint density at radius 1 is 1.26 bits per heavy atom. The first-order valence-corrected chi connectivity index (χ1v) is 10.2. The third kappa shape index (κ3) is 3.67. The molecule has 0 N–H and O–H groups in total. The van der Waals surface area contributed by atoms with Gasteiger partial charge in [-0.3, -0.25) is 4.57 Å². The van der Waals surface area contributed by atoms with Crippen LogP contribution in [0, 0.1) is 0 Å². The van der Waals surface area contributed by atoms with Crippen molar-refractivity contribution in [1.82, 2.24) is 14.5 Å². The first kappa shape index (κ1) is 17.6. The zero-order valence-electron chi connectivity index (χ0n) is 14.4. The number of ether oxygens (including phenoxy) is 1. The molecule has 6 nitrogen and oxygen atoms in total. The molecule has 0 amide bonds. The summed E-state index contributed by atoms with van der Waals surface area (Å²) in [4.78, 5) is 21.4. The van der Waals surface area contributed by atoms with Gasteiger partial charge in [-0.1, -0.05) is 30.0 Å². The average molecular weight is 397 g/mol. The Hall–Kier alpha value is -2.84. The second-order valence-electron chi connectivity index (χ2n) is 5.50. The van der Waals surface area contributed by atoms with Crippen molar-refractivity contribution in [2.45, 2.75) is 11.8 Å². The van der Waals surface area contributed by atoms with Gasteiger partial charge in [0.05, 0.1) is 18.2 Å². The van der Waals surface area contributed by atoms with E-state index in [1.807, 2.05) is 54.1 Å². The predicted octanol–water partition coefficient (Wildman–Crippen LogP) is 4.67. The van der Waals surface area contributed by atoms with Gasteiger partial charge in [-0.05, 0) is 30.5 Å². The number of imidazole rings is 1. The Bertz CT molecular complexity index is 1040. The monoisotopic (exact) mass is 397 g/mol. The van der Waals surface area contributed by atoms with Gasteiger partial charge in [-0.15, -0.1) is 11.3 Å². The van der Waals surface area contributed by atoms with Crippen molar-refractivity contribution >= 4 is 29.1 Å². The molecule has 0 aliphatic carbocycles. The number of carbonyl (C=O) groups is 1. The Morgan fingerprint density at radius 2 is 2.11 bits per heavy atom. The fourth-order valence-corrected chi connectivity index (χ4v) is 3.86. The zero-order valence-corrected chi connectivity index (χ0v) is 16.0. The molecule has 0 spiro atoms. The molecule has 0 radical (unpaired) electrons. The number of carbonyl (C=O) groups excluding carboxylic acids is 1. The van der Waals surface area contributed by atoms with E-state index in [1.165, 1.54) is 29.3 Å². The van der Waals surface area contributed by atoms with Crippen LogP contribution >= 0.6 is 23.1 Å². The Labute approximate surface area is 163 Å². The van der Waals surface area contributed by atoms with Crippen molar-refractivity contribution in [3.05, 3.63) is 71.7 Å². The molecule has 4 rings (SSSR count). The third-order valence-electron chi connectivity index (χ3n) is 3.77. The van der Waals surface area contributed by atoms with E-state index in [-0.39, 0.29) is 6.61 Å². The molecular formula is C19H15N3O3S2. The standard InChI is InChI=1S/C19H15N3O3S2/c1-26-19-20-10-15(22(19)14-6-3-2-4-7-14)18(23)25-11-13-12-27-17(21-13)16-8-5-9-24-16/h2-10,12H,11H2,1H3. The van der Waals surface area contributed by atoms with Crippen LogP contribution in [0.3, 0.4) is 0 Å². The van der Waals surface area contributed by atoms with Gasteiger partial charge in [0.25, 0.3) is 0 Å². The molecule has 0 saturated carbocycles. The fraction of sp³-hybridized carbons (Fsp3) is 0.105. The lowest BCUT2D eigenvalue weighted by Crippen LogP contribution is -2.12. The molecule has 3 heterocycles. The van der Waals surface area contributed by atoms with E-state index >= 15 is 0 Å². The van der Waals surface area contributed by atoms with Crippen molar-refractivity contribution in [3.63, 3.8) is 0 Å². The second-order valence-corrected chi connectivity index (χ2v) is 7.13. The highest BCUT2D eigenvalue weighted by Gasteiger charge is 2.19. The molecule has 0 unspecified atom stereocenters. The summed E-state index contributed by atoms with van der Waals surface area (Å²) >= 11 is 2.91. The number of hydrogen-bond donors (Lipinski definition) is 0. The number of thiazole rings is 1. The largest absolute Gasteiger partial charge is 0.462 e. The van der Waals surface area contributed by atoms with E-state index < -0.39 is 5.97 Å². The number of nitrogens with zero attached hydrogens (tertiary/aromatic N) is 3. The van der Waals surface area contributed by atoms with Crippen LogP contribution in [0.2, 0.25) is 0 Å². The molecule has 136 valence electrons. The molecule has 27 heavy (non-hydrogen) atoms. The summed E-state index contributed by atoms with van der Waals surface area (Å²) in [7, 11) is 0. The minimum Gasteiger partial charge on any atom is -0.462 e. The quantitative estimate of drug-likeness (QED) is 0.348. The van der Waals surface area contributed by atoms with E-state index in [9.17, 15) is 4.79 Å². The highest BCUT2D eigenvalue weighted by atomic mass is 32.2. The van der Waals surface area contributed by atoms with Gasteiger partial charge >= 0.3 is 5.97 Å². The lowest BCUT2D eigenvalue weighted by Gasteiger charge is -2.10. The predicted molar refractivity (Wildman–Crippen MR) is 104 cm³/mol. The van der Waals surface area contributed by atoms with Crippen LogP contribution in [0.1, 0.15) is 16.2 Å². The third-order valence-corrected chi connectivity index (χ3v) is 5.33. The van der Waals surface area contributed by atoms with E-state index in [0.29, 0.717) is 17.1 Å². The molecule has 0 bridgehead atoms. The number of hydrogen-bond acceptors (Lipinski definition) is 7. The van der Waals surface area contributed by atoms with Crippen LogP contribution in [0.15, 0.2) is 69.9 Å². The Morgan fingerprint density at radius 3 is 2.85 bits per heavy atom. The molecule has 0 atom stereocenters. The molecule has 0 aliphatic rings. The van der Waals surface area contributed by atoms with E-state index in [0.717, 1.165) is 15.9 Å². The van der Waals surface area contributed by atoms with Crippen LogP contribution in [0.4, 0.5) is 0 Å². The lowest BCUT2D eigenvalue weighted by atomic mass is 10.3. The minimum absolute atomic E-state index is 0.0879. The van der Waals surface area contributed by atoms with E-state index in [1.54, 1.807) is 10.8 Å². The number of esters is 1. The molecule has 3 aromatic heterocycles. The summed E-state index contributed by atoms with van der Waals surface area (Å²) in [5.74, 6) is 0.253. The van der Waals surface area contributed by atoms with Crippen molar-refractivity contribution in [2.75, 3.05) is 6.26 Å². The molecule has 1 aromatic carbocycles. The maximum Gasteiger partial charge on any atom is 0.357 e. The van der Waals surface area contributed by atoms with Crippen LogP contribution in [0.25, 0.3) is 16.5 Å². The number of aromatic nitrogens is 3. The van der Waals surface area contributed by atoms with Gasteiger partial charge in [-0.25, -0.2) is 14.8 Å². The van der Waals surface area contributed by atoms with Crippen molar-refractivity contribution < 1.29 is 13.9 Å². The number of furan rings is 1. The van der Waals surface area contributed by atoms with Crippen LogP contribution < -0.4 is 0 Å². The van der Waals surface area contributed by atoms with Crippen molar-refractivity contribution in [2.24, 2.45) is 0 Å². The van der Waals surface area contributed by atoms with Crippen LogP contribution in [0.5, 0.6) is 0 Å². The smallest absolute Gasteiger partial charge is 0.357 e. The summed E-state index contributed by atoms with van der Waals surface area (Å²) in [6.45, 7) is 0.0879. The van der Waals surface area contributed by atoms with Gasteiger partial charge in [0.15, 0.2) is 21.6 Å². The molecule has 4 aromatic rings. The number of benzene rings is 1. The lowest BCUT2D eigenvalue weighted by molar-refractivity contribution is 0.0458. The summed E-state index contributed by atoms with van der Waals surface area (Å²) in [6.07, 6.45) is 5.06. The first-order chi connectivity index (χ1) is 13.3. The summed E-state index contributed by atoms with van der Waals surface area (Å²) in [6, 6.07) is 13.3. The summed E-state index contributed by atoms with van der Waals surface area (Å²) in [5.41, 5.74) is 1.92. The highest BCUT2D eigenvalue weighted by molar-refractivity contribution is 7.98. The van der Waals surface area contributed by atoms with Crippen LogP contribution in [-0.4, -0.2) is 26.8 Å². The van der Waals surface area contributed by atoms with Crippen molar-refractivity contribution in [1.29, 1.82) is 0 Å². The Balaban J connectivity index is 1.52. The molecular weight excluding hydrogens is 382 g/mol. The summed E-state index contributed by atoms with van der Waals surface area (Å²) < 4.78 is 12.6. The normalized spacial score (nSPS) is 10.9. The second kappa shape index (κ2) is 7.81.